The third-order valence-corrected chi connectivity index (χ3v) is 2.55. The summed E-state index contributed by atoms with van der Waals surface area (Å²) in [5, 5.41) is 0. The van der Waals surface area contributed by atoms with Crippen LogP contribution in [0.15, 0.2) is 22.8 Å². The van der Waals surface area contributed by atoms with E-state index < -0.39 is 0 Å². The average Bonchev–Trinajstić information content (AvgIpc) is 2.59. The zero-order valence-corrected chi connectivity index (χ0v) is 7.93. The van der Waals surface area contributed by atoms with Crippen molar-refractivity contribution in [2.45, 2.75) is 13.0 Å². The summed E-state index contributed by atoms with van der Waals surface area (Å²) in [6, 6.07) is 3.93. The van der Waals surface area contributed by atoms with Crippen molar-refractivity contribution in [2.75, 3.05) is 11.5 Å². The highest BCUT2D eigenvalue weighted by Gasteiger charge is 2.10. The Morgan fingerprint density at radius 2 is 2.58 bits per heavy atom. The molecule has 0 aromatic carbocycles. The van der Waals surface area contributed by atoms with E-state index in [1.165, 1.54) is 0 Å². The predicted octanol–water partition coefficient (Wildman–Crippen LogP) is 1.54. The lowest BCUT2D eigenvalue weighted by Crippen LogP contribution is -2.29. The molecule has 0 fully saturated rings. The molecule has 0 saturated heterocycles. The number of hydrazine groups is 1. The summed E-state index contributed by atoms with van der Waals surface area (Å²) < 4.78 is 5.23. The molecule has 0 amide bonds. The fourth-order valence-electron chi connectivity index (χ4n) is 0.938. The van der Waals surface area contributed by atoms with Gasteiger partial charge < -0.3 is 4.42 Å². The van der Waals surface area contributed by atoms with Crippen molar-refractivity contribution in [1.29, 1.82) is 0 Å². The van der Waals surface area contributed by atoms with Crippen LogP contribution in [0.2, 0.25) is 0 Å². The number of thioether (sulfide) groups is 1. The molecule has 1 aromatic heterocycles. The predicted molar refractivity (Wildman–Crippen MR) is 51.8 cm³/mol. The number of hydrogen-bond donors (Lipinski definition) is 2. The van der Waals surface area contributed by atoms with Crippen molar-refractivity contribution in [3.05, 3.63) is 24.2 Å². The number of furan rings is 1. The van der Waals surface area contributed by atoms with Gasteiger partial charge in [0.2, 0.25) is 0 Å². The summed E-state index contributed by atoms with van der Waals surface area (Å²) in [5.41, 5.74) is 2.72. The van der Waals surface area contributed by atoms with Crippen LogP contribution in [-0.4, -0.2) is 11.5 Å². The molecule has 3 nitrogen and oxygen atoms in total. The highest BCUT2D eigenvalue weighted by atomic mass is 32.2. The number of nitrogens with two attached hydrogens (primary N) is 1. The van der Waals surface area contributed by atoms with E-state index in [1.807, 2.05) is 23.9 Å². The molecule has 12 heavy (non-hydrogen) atoms. The Kier molecular flexibility index (Phi) is 4.21. The van der Waals surface area contributed by atoms with Gasteiger partial charge in [0.25, 0.3) is 0 Å². The summed E-state index contributed by atoms with van der Waals surface area (Å²) in [7, 11) is 0. The topological polar surface area (TPSA) is 51.2 Å². The molecule has 3 N–H and O–H groups in total. The zero-order valence-electron chi connectivity index (χ0n) is 7.12. The van der Waals surface area contributed by atoms with Crippen molar-refractivity contribution < 1.29 is 4.42 Å². The van der Waals surface area contributed by atoms with Crippen LogP contribution in [0.25, 0.3) is 0 Å². The smallest absolute Gasteiger partial charge is 0.122 e. The lowest BCUT2D eigenvalue weighted by molar-refractivity contribution is 0.441. The van der Waals surface area contributed by atoms with Crippen LogP contribution in [0, 0.1) is 0 Å². The summed E-state index contributed by atoms with van der Waals surface area (Å²) in [6.45, 7) is 2.13. The molecule has 68 valence electrons. The van der Waals surface area contributed by atoms with Gasteiger partial charge in [0.05, 0.1) is 12.3 Å². The molecule has 0 bridgehead atoms. The molecule has 4 heteroatoms. The Labute approximate surface area is 76.7 Å². The van der Waals surface area contributed by atoms with Gasteiger partial charge in [-0.2, -0.15) is 11.8 Å². The Hall–Kier alpha value is -0.450. The Balaban J connectivity index is 2.45. The van der Waals surface area contributed by atoms with Crippen molar-refractivity contribution in [3.63, 3.8) is 0 Å². The Bertz CT molecular complexity index is 201. The van der Waals surface area contributed by atoms with E-state index in [1.54, 1.807) is 6.26 Å². The minimum Gasteiger partial charge on any atom is -0.468 e. The first-order valence-electron chi connectivity index (χ1n) is 3.95. The van der Waals surface area contributed by atoms with Crippen molar-refractivity contribution in [2.24, 2.45) is 5.84 Å². The van der Waals surface area contributed by atoms with Crippen LogP contribution >= 0.6 is 11.8 Å². The summed E-state index contributed by atoms with van der Waals surface area (Å²) >= 11 is 1.84. The summed E-state index contributed by atoms with van der Waals surface area (Å²) in [5.74, 6) is 8.32. The maximum absolute atomic E-state index is 5.38. The molecular formula is C8H14N2OS. The van der Waals surface area contributed by atoms with Crippen molar-refractivity contribution in [1.82, 2.24) is 5.43 Å². The van der Waals surface area contributed by atoms with Crippen LogP contribution in [0.4, 0.5) is 0 Å². The fourth-order valence-corrected chi connectivity index (χ4v) is 1.67. The SMILES string of the molecule is CCSCC(NN)c1ccco1. The van der Waals surface area contributed by atoms with Gasteiger partial charge in [-0.25, -0.2) is 5.43 Å². The van der Waals surface area contributed by atoms with E-state index in [2.05, 4.69) is 12.3 Å². The zero-order chi connectivity index (χ0) is 8.81. The van der Waals surface area contributed by atoms with E-state index in [0.717, 1.165) is 17.3 Å². The van der Waals surface area contributed by atoms with Gasteiger partial charge in [0.1, 0.15) is 5.76 Å². The largest absolute Gasteiger partial charge is 0.468 e. The molecule has 0 aliphatic heterocycles. The second-order valence-corrected chi connectivity index (χ2v) is 3.71. The lowest BCUT2D eigenvalue weighted by atomic mass is 10.3. The first-order valence-corrected chi connectivity index (χ1v) is 5.11. The third kappa shape index (κ3) is 2.55. The monoisotopic (exact) mass is 186 g/mol. The standard InChI is InChI=1S/C8H14N2OS/c1-2-12-6-7(10-9)8-4-3-5-11-8/h3-5,7,10H,2,6,9H2,1H3. The highest BCUT2D eigenvalue weighted by molar-refractivity contribution is 7.99. The van der Waals surface area contributed by atoms with Crippen LogP contribution < -0.4 is 11.3 Å². The van der Waals surface area contributed by atoms with Gasteiger partial charge in [-0.05, 0) is 17.9 Å². The van der Waals surface area contributed by atoms with Gasteiger partial charge in [-0.3, -0.25) is 5.84 Å². The molecule has 0 aliphatic carbocycles. The Morgan fingerprint density at radius 1 is 1.75 bits per heavy atom. The number of nitrogens with one attached hydrogen (secondary N) is 1. The maximum atomic E-state index is 5.38. The van der Waals surface area contributed by atoms with E-state index >= 15 is 0 Å². The number of hydrogen-bond acceptors (Lipinski definition) is 4. The minimum atomic E-state index is 0.130. The van der Waals surface area contributed by atoms with Crippen LogP contribution in [0.1, 0.15) is 18.7 Å². The molecule has 1 unspecified atom stereocenters. The van der Waals surface area contributed by atoms with E-state index in [9.17, 15) is 0 Å². The molecular weight excluding hydrogens is 172 g/mol. The van der Waals surface area contributed by atoms with E-state index in [-0.39, 0.29) is 6.04 Å². The van der Waals surface area contributed by atoms with Crippen molar-refractivity contribution in [3.8, 4) is 0 Å². The molecule has 1 rings (SSSR count). The molecule has 1 aromatic rings. The van der Waals surface area contributed by atoms with Gasteiger partial charge >= 0.3 is 0 Å². The highest BCUT2D eigenvalue weighted by Crippen LogP contribution is 2.17. The third-order valence-electron chi connectivity index (χ3n) is 1.58. The molecule has 0 spiro atoms. The van der Waals surface area contributed by atoms with E-state index in [4.69, 9.17) is 10.3 Å². The van der Waals surface area contributed by atoms with Crippen LogP contribution in [0.5, 0.6) is 0 Å². The van der Waals surface area contributed by atoms with Gasteiger partial charge in [-0.1, -0.05) is 6.92 Å². The second-order valence-electron chi connectivity index (χ2n) is 2.39. The first-order chi connectivity index (χ1) is 5.88. The van der Waals surface area contributed by atoms with Crippen LogP contribution in [-0.2, 0) is 0 Å². The maximum Gasteiger partial charge on any atom is 0.122 e. The first kappa shape index (κ1) is 9.64. The normalized spacial score (nSPS) is 13.2. The number of rotatable bonds is 5. The molecule has 0 aliphatic rings. The van der Waals surface area contributed by atoms with Gasteiger partial charge in [0.15, 0.2) is 0 Å². The Morgan fingerprint density at radius 3 is 3.08 bits per heavy atom. The van der Waals surface area contributed by atoms with Gasteiger partial charge in [0, 0.05) is 5.75 Å². The quantitative estimate of drug-likeness (QED) is 0.541. The summed E-state index contributed by atoms with van der Waals surface area (Å²) in [4.78, 5) is 0. The molecule has 1 atom stereocenters. The van der Waals surface area contributed by atoms with E-state index in [0.29, 0.717) is 0 Å². The molecule has 1 heterocycles. The molecule has 0 saturated carbocycles. The lowest BCUT2D eigenvalue weighted by Gasteiger charge is -2.11. The average molecular weight is 186 g/mol. The van der Waals surface area contributed by atoms with Gasteiger partial charge in [-0.15, -0.1) is 0 Å². The minimum absolute atomic E-state index is 0.130. The summed E-state index contributed by atoms with van der Waals surface area (Å²) in [6.07, 6.45) is 1.66. The van der Waals surface area contributed by atoms with Crippen molar-refractivity contribution >= 4 is 11.8 Å². The molecule has 0 radical (unpaired) electrons. The van der Waals surface area contributed by atoms with Crippen LogP contribution in [0.3, 0.4) is 0 Å². The fraction of sp³-hybridized carbons (Fsp3) is 0.500. The second kappa shape index (κ2) is 5.24.